The summed E-state index contributed by atoms with van der Waals surface area (Å²) in [4.78, 5) is 30.9. The fourth-order valence-electron chi connectivity index (χ4n) is 1.65. The minimum atomic E-state index is -0.127. The maximum Gasteiger partial charge on any atom is 0.230 e. The first-order chi connectivity index (χ1) is 8.99. The van der Waals surface area contributed by atoms with E-state index in [4.69, 9.17) is 0 Å². The van der Waals surface area contributed by atoms with E-state index in [2.05, 4.69) is 4.98 Å². The van der Waals surface area contributed by atoms with Crippen LogP contribution in [0.1, 0.15) is 18.9 Å². The minimum absolute atomic E-state index is 0.0340. The van der Waals surface area contributed by atoms with Crippen molar-refractivity contribution in [1.29, 1.82) is 0 Å². The Morgan fingerprint density at radius 1 is 1.26 bits per heavy atom. The number of Topliss-reactive ketones (excluding diaryl/α,β-unsaturated/α-hetero) is 1. The van der Waals surface area contributed by atoms with E-state index in [1.54, 1.807) is 17.3 Å². The van der Waals surface area contributed by atoms with E-state index in [0.717, 1.165) is 12.1 Å². The normalized spacial score (nSPS) is 10.5. The molecule has 104 valence electrons. The van der Waals surface area contributed by atoms with Crippen molar-refractivity contribution in [2.24, 2.45) is 0 Å². The fourth-order valence-corrected chi connectivity index (χ4v) is 1.65. The average molecular weight is 263 g/mol. The standard InChI is InChI=1S/C14H21N3O2/c1-12(18)9-14(19)17(8-7-16(2)3)11-13-5-4-6-15-10-13/h4-6,10H,7-9,11H2,1-3H3. The van der Waals surface area contributed by atoms with Crippen LogP contribution in [0.3, 0.4) is 0 Å². The molecule has 5 heteroatoms. The molecule has 0 saturated carbocycles. The number of hydrogen-bond acceptors (Lipinski definition) is 4. The third kappa shape index (κ3) is 6.10. The molecule has 0 N–H and O–H groups in total. The van der Waals surface area contributed by atoms with Crippen molar-refractivity contribution in [3.8, 4) is 0 Å². The summed E-state index contributed by atoms with van der Waals surface area (Å²) in [7, 11) is 3.91. The third-order valence-electron chi connectivity index (χ3n) is 2.67. The molecule has 0 unspecified atom stereocenters. The molecular formula is C14H21N3O2. The molecule has 1 rings (SSSR count). The van der Waals surface area contributed by atoms with Crippen molar-refractivity contribution in [3.05, 3.63) is 30.1 Å². The topological polar surface area (TPSA) is 53.5 Å². The van der Waals surface area contributed by atoms with Gasteiger partial charge in [0.05, 0.1) is 6.42 Å². The van der Waals surface area contributed by atoms with Crippen molar-refractivity contribution < 1.29 is 9.59 Å². The molecular weight excluding hydrogens is 242 g/mol. The molecule has 0 atom stereocenters. The quantitative estimate of drug-likeness (QED) is 0.687. The number of nitrogens with zero attached hydrogens (tertiary/aromatic N) is 3. The summed E-state index contributed by atoms with van der Waals surface area (Å²) in [5.41, 5.74) is 0.971. The first-order valence-electron chi connectivity index (χ1n) is 6.30. The fraction of sp³-hybridized carbons (Fsp3) is 0.500. The van der Waals surface area contributed by atoms with Crippen molar-refractivity contribution in [3.63, 3.8) is 0 Å². The van der Waals surface area contributed by atoms with E-state index < -0.39 is 0 Å². The predicted molar refractivity (Wildman–Crippen MR) is 73.5 cm³/mol. The van der Waals surface area contributed by atoms with E-state index in [-0.39, 0.29) is 18.1 Å². The molecule has 0 fully saturated rings. The number of likely N-dealkylation sites (N-methyl/N-ethyl adjacent to an activating group) is 1. The van der Waals surface area contributed by atoms with Gasteiger partial charge in [-0.05, 0) is 32.6 Å². The highest BCUT2D eigenvalue weighted by atomic mass is 16.2. The summed E-state index contributed by atoms with van der Waals surface area (Å²) >= 11 is 0. The summed E-state index contributed by atoms with van der Waals surface area (Å²) in [5, 5.41) is 0. The summed E-state index contributed by atoms with van der Waals surface area (Å²) < 4.78 is 0. The van der Waals surface area contributed by atoms with Crippen LogP contribution in [0.2, 0.25) is 0 Å². The summed E-state index contributed by atoms with van der Waals surface area (Å²) in [5.74, 6) is -0.232. The number of pyridine rings is 1. The number of aromatic nitrogens is 1. The molecule has 5 nitrogen and oxygen atoms in total. The Morgan fingerprint density at radius 2 is 2.00 bits per heavy atom. The zero-order valence-electron chi connectivity index (χ0n) is 11.8. The Labute approximate surface area is 114 Å². The van der Waals surface area contributed by atoms with Crippen LogP contribution >= 0.6 is 0 Å². The van der Waals surface area contributed by atoms with Crippen LogP contribution in [-0.2, 0) is 16.1 Å². The summed E-state index contributed by atoms with van der Waals surface area (Å²) in [6.07, 6.45) is 3.41. The van der Waals surface area contributed by atoms with Gasteiger partial charge in [-0.1, -0.05) is 6.07 Å². The maximum atomic E-state index is 12.0. The first kappa shape index (κ1) is 15.3. The number of carbonyl (C=O) groups excluding carboxylic acids is 2. The van der Waals surface area contributed by atoms with Gasteiger partial charge in [0.15, 0.2) is 0 Å². The smallest absolute Gasteiger partial charge is 0.230 e. The average Bonchev–Trinajstić information content (AvgIpc) is 2.34. The molecule has 1 amide bonds. The molecule has 1 aromatic heterocycles. The van der Waals surface area contributed by atoms with Gasteiger partial charge < -0.3 is 9.80 Å². The Bertz CT molecular complexity index is 418. The lowest BCUT2D eigenvalue weighted by molar-refractivity contribution is -0.135. The van der Waals surface area contributed by atoms with Gasteiger partial charge in [0.25, 0.3) is 0 Å². The number of amides is 1. The monoisotopic (exact) mass is 263 g/mol. The third-order valence-corrected chi connectivity index (χ3v) is 2.67. The molecule has 1 aromatic rings. The SMILES string of the molecule is CC(=O)CC(=O)N(CCN(C)C)Cc1cccnc1. The van der Waals surface area contributed by atoms with Crippen molar-refractivity contribution >= 4 is 11.7 Å². The first-order valence-corrected chi connectivity index (χ1v) is 6.30. The molecule has 0 radical (unpaired) electrons. The van der Waals surface area contributed by atoms with Crippen molar-refractivity contribution in [2.75, 3.05) is 27.2 Å². The van der Waals surface area contributed by atoms with Crippen LogP contribution in [0.4, 0.5) is 0 Å². The molecule has 0 aliphatic rings. The summed E-state index contributed by atoms with van der Waals surface area (Å²) in [6, 6.07) is 3.77. The number of ketones is 1. The van der Waals surface area contributed by atoms with Crippen LogP contribution in [0.25, 0.3) is 0 Å². The van der Waals surface area contributed by atoms with Gasteiger partial charge in [-0.3, -0.25) is 14.6 Å². The number of carbonyl (C=O) groups is 2. The number of hydrogen-bond donors (Lipinski definition) is 0. The lowest BCUT2D eigenvalue weighted by atomic mass is 10.2. The second-order valence-electron chi connectivity index (χ2n) is 4.86. The molecule has 1 heterocycles. The molecule has 0 saturated heterocycles. The number of rotatable bonds is 7. The zero-order chi connectivity index (χ0) is 14.3. The van der Waals surface area contributed by atoms with Gasteiger partial charge in [-0.2, -0.15) is 0 Å². The van der Waals surface area contributed by atoms with Gasteiger partial charge in [0.2, 0.25) is 5.91 Å². The summed E-state index contributed by atoms with van der Waals surface area (Å²) in [6.45, 7) is 3.30. The molecule has 0 aliphatic heterocycles. The van der Waals surface area contributed by atoms with Crippen LogP contribution in [0.5, 0.6) is 0 Å². The van der Waals surface area contributed by atoms with Gasteiger partial charge in [0, 0.05) is 32.0 Å². The largest absolute Gasteiger partial charge is 0.337 e. The highest BCUT2D eigenvalue weighted by Gasteiger charge is 2.15. The Balaban J connectivity index is 2.68. The van der Waals surface area contributed by atoms with Crippen LogP contribution < -0.4 is 0 Å². The Hall–Kier alpha value is -1.75. The highest BCUT2D eigenvalue weighted by Crippen LogP contribution is 2.05. The second-order valence-corrected chi connectivity index (χ2v) is 4.86. The molecule has 0 bridgehead atoms. The lowest BCUT2D eigenvalue weighted by Gasteiger charge is -2.24. The van der Waals surface area contributed by atoms with Gasteiger partial charge in [-0.15, -0.1) is 0 Å². The molecule has 0 spiro atoms. The van der Waals surface area contributed by atoms with Gasteiger partial charge >= 0.3 is 0 Å². The molecule has 0 aliphatic carbocycles. The molecule has 0 aromatic carbocycles. The zero-order valence-corrected chi connectivity index (χ0v) is 11.8. The van der Waals surface area contributed by atoms with Crippen molar-refractivity contribution in [2.45, 2.75) is 19.9 Å². The predicted octanol–water partition coefficient (Wildman–Crippen LogP) is 0.951. The van der Waals surface area contributed by atoms with Gasteiger partial charge in [0.1, 0.15) is 5.78 Å². The van der Waals surface area contributed by atoms with E-state index >= 15 is 0 Å². The highest BCUT2D eigenvalue weighted by molar-refractivity contribution is 5.96. The lowest BCUT2D eigenvalue weighted by Crippen LogP contribution is -2.37. The van der Waals surface area contributed by atoms with E-state index in [1.165, 1.54) is 6.92 Å². The van der Waals surface area contributed by atoms with E-state index in [0.29, 0.717) is 13.1 Å². The second kappa shape index (κ2) is 7.63. The van der Waals surface area contributed by atoms with Gasteiger partial charge in [-0.25, -0.2) is 0 Å². The Kier molecular flexibility index (Phi) is 6.15. The van der Waals surface area contributed by atoms with Crippen LogP contribution in [0, 0.1) is 0 Å². The van der Waals surface area contributed by atoms with E-state index in [1.807, 2.05) is 31.1 Å². The van der Waals surface area contributed by atoms with Crippen molar-refractivity contribution in [1.82, 2.24) is 14.8 Å². The van der Waals surface area contributed by atoms with E-state index in [9.17, 15) is 9.59 Å². The Morgan fingerprint density at radius 3 is 2.53 bits per heavy atom. The molecule has 19 heavy (non-hydrogen) atoms. The van der Waals surface area contributed by atoms with Crippen LogP contribution in [0.15, 0.2) is 24.5 Å². The maximum absolute atomic E-state index is 12.0. The van der Waals surface area contributed by atoms with Crippen LogP contribution in [-0.4, -0.2) is 53.7 Å². The minimum Gasteiger partial charge on any atom is -0.337 e.